The molecule has 0 spiro atoms. The number of likely N-dealkylation sites (tertiary alicyclic amines) is 2. The first kappa shape index (κ1) is 36.5. The van der Waals surface area contributed by atoms with E-state index in [1.165, 1.54) is 0 Å². The molecule has 8 rings (SSSR count). The lowest BCUT2D eigenvalue weighted by Gasteiger charge is -2.33. The van der Waals surface area contributed by atoms with Crippen LogP contribution in [-0.2, 0) is 9.59 Å². The van der Waals surface area contributed by atoms with E-state index in [0.717, 1.165) is 58.1 Å². The Morgan fingerprint density at radius 1 is 0.574 bits per heavy atom. The number of aromatic amines is 2. The SMILES string of the molecule is CC1CCN(C(=O)C2CCC(F)(F)CC2)C1c1ncc(-c2ccc(-c3ccc(-c4cnc(C5C(C)CCN5C(=O)C5CCC(F)(F)CC5)[nH]4)cc3)cc2)[nH]1. The van der Waals surface area contributed by atoms with E-state index < -0.39 is 11.8 Å². The van der Waals surface area contributed by atoms with Crippen molar-refractivity contribution >= 4 is 11.8 Å². The molecule has 12 heteroatoms. The molecule has 286 valence electrons. The number of amides is 2. The van der Waals surface area contributed by atoms with Crippen LogP contribution in [0.2, 0.25) is 0 Å². The number of carbonyl (C=O) groups is 2. The summed E-state index contributed by atoms with van der Waals surface area (Å²) in [6, 6.07) is 16.0. The number of benzene rings is 2. The third-order valence-corrected chi connectivity index (χ3v) is 12.6. The van der Waals surface area contributed by atoms with E-state index in [-0.39, 0.29) is 98.9 Å². The summed E-state index contributed by atoms with van der Waals surface area (Å²) in [4.78, 5) is 46.9. The van der Waals surface area contributed by atoms with Crippen molar-refractivity contribution < 1.29 is 27.2 Å². The maximum absolute atomic E-state index is 13.8. The second-order valence-electron chi connectivity index (χ2n) is 16.3. The van der Waals surface area contributed by atoms with Gasteiger partial charge in [-0.3, -0.25) is 9.59 Å². The van der Waals surface area contributed by atoms with Crippen LogP contribution in [0.5, 0.6) is 0 Å². The molecule has 54 heavy (non-hydrogen) atoms. The average molecular weight is 745 g/mol. The quantitative estimate of drug-likeness (QED) is 0.184. The molecule has 2 aliphatic carbocycles. The highest BCUT2D eigenvalue weighted by atomic mass is 19.3. The van der Waals surface area contributed by atoms with E-state index in [9.17, 15) is 27.2 Å². The first-order chi connectivity index (χ1) is 25.9. The zero-order valence-corrected chi connectivity index (χ0v) is 30.8. The number of hydrogen-bond acceptors (Lipinski definition) is 4. The zero-order chi connectivity index (χ0) is 37.8. The number of nitrogens with zero attached hydrogens (tertiary/aromatic N) is 4. The van der Waals surface area contributed by atoms with Gasteiger partial charge in [0.05, 0.1) is 35.9 Å². The van der Waals surface area contributed by atoms with Gasteiger partial charge in [0.15, 0.2) is 0 Å². The van der Waals surface area contributed by atoms with Crippen LogP contribution in [0.3, 0.4) is 0 Å². The molecule has 0 bridgehead atoms. The third-order valence-electron chi connectivity index (χ3n) is 12.6. The first-order valence-electron chi connectivity index (χ1n) is 19.5. The molecule has 0 radical (unpaired) electrons. The summed E-state index contributed by atoms with van der Waals surface area (Å²) in [6.07, 6.45) is 5.28. The number of H-pyrrole nitrogens is 2. The fraction of sp³-hybridized carbons (Fsp3) is 0.524. The topological polar surface area (TPSA) is 98.0 Å². The van der Waals surface area contributed by atoms with Crippen LogP contribution in [0.1, 0.15) is 102 Å². The number of nitrogens with one attached hydrogen (secondary N) is 2. The number of rotatable bonds is 7. The van der Waals surface area contributed by atoms with Crippen LogP contribution in [0.25, 0.3) is 33.6 Å². The molecule has 2 saturated carbocycles. The highest BCUT2D eigenvalue weighted by molar-refractivity contribution is 5.80. The van der Waals surface area contributed by atoms with Gasteiger partial charge in [-0.1, -0.05) is 62.4 Å². The molecule has 4 aromatic rings. The monoisotopic (exact) mass is 744 g/mol. The summed E-state index contributed by atoms with van der Waals surface area (Å²) in [5.41, 5.74) is 5.72. The van der Waals surface area contributed by atoms with Gasteiger partial charge in [0, 0.05) is 50.6 Å². The Morgan fingerprint density at radius 2 is 0.907 bits per heavy atom. The van der Waals surface area contributed by atoms with E-state index in [0.29, 0.717) is 13.1 Å². The van der Waals surface area contributed by atoms with Gasteiger partial charge < -0.3 is 19.8 Å². The molecule has 4 heterocycles. The van der Waals surface area contributed by atoms with Crippen molar-refractivity contribution in [2.75, 3.05) is 13.1 Å². The van der Waals surface area contributed by atoms with Crippen LogP contribution in [0, 0.1) is 23.7 Å². The largest absolute Gasteiger partial charge is 0.340 e. The van der Waals surface area contributed by atoms with Crippen molar-refractivity contribution in [3.05, 3.63) is 72.6 Å². The van der Waals surface area contributed by atoms with Crippen molar-refractivity contribution in [1.29, 1.82) is 0 Å². The Balaban J connectivity index is 0.918. The van der Waals surface area contributed by atoms with Gasteiger partial charge in [-0.25, -0.2) is 27.5 Å². The molecule has 4 atom stereocenters. The molecule has 4 fully saturated rings. The second kappa shape index (κ2) is 14.3. The summed E-state index contributed by atoms with van der Waals surface area (Å²) in [5, 5.41) is 0. The molecule has 2 aromatic heterocycles. The van der Waals surface area contributed by atoms with E-state index in [1.54, 1.807) is 12.4 Å². The first-order valence-corrected chi connectivity index (χ1v) is 19.5. The fourth-order valence-corrected chi connectivity index (χ4v) is 9.22. The number of alkyl halides is 4. The van der Waals surface area contributed by atoms with Gasteiger partial charge in [-0.2, -0.15) is 0 Å². The molecular weight excluding hydrogens is 696 g/mol. The lowest BCUT2D eigenvalue weighted by atomic mass is 9.85. The fourth-order valence-electron chi connectivity index (χ4n) is 9.22. The second-order valence-corrected chi connectivity index (χ2v) is 16.3. The van der Waals surface area contributed by atoms with E-state index >= 15 is 0 Å². The standard InChI is InChI=1S/C42H48F4N6O2/c1-25-15-21-51(39(53)31-11-17-41(43,44)18-12-31)35(25)37-47-23-33(49-37)29-7-3-27(4-8-29)28-5-9-30(10-6-28)34-24-48-38(50-34)36-26(2)16-22-52(36)40(54)32-13-19-42(45,46)20-14-32/h3-10,23-26,31-32,35-36H,11-22H2,1-2H3,(H,47,49)(H,48,50). The van der Waals surface area contributed by atoms with E-state index in [2.05, 4.69) is 48.1 Å². The Hall–Kier alpha value is -4.48. The Morgan fingerprint density at radius 3 is 1.26 bits per heavy atom. The van der Waals surface area contributed by atoms with Crippen LogP contribution in [0.4, 0.5) is 17.6 Å². The lowest BCUT2D eigenvalue weighted by Crippen LogP contribution is -2.39. The van der Waals surface area contributed by atoms with Gasteiger partial charge in [-0.05, 0) is 72.6 Å². The number of hydrogen-bond donors (Lipinski definition) is 2. The van der Waals surface area contributed by atoms with Gasteiger partial charge in [0.1, 0.15) is 11.6 Å². The normalized spacial score (nSPS) is 26.0. The molecule has 8 nitrogen and oxygen atoms in total. The summed E-state index contributed by atoms with van der Waals surface area (Å²) < 4.78 is 55.1. The molecule has 2 amide bonds. The van der Waals surface area contributed by atoms with Gasteiger partial charge in [-0.15, -0.1) is 0 Å². The predicted octanol–water partition coefficient (Wildman–Crippen LogP) is 9.60. The Bertz CT molecular complexity index is 1810. The van der Waals surface area contributed by atoms with Crippen molar-refractivity contribution in [1.82, 2.24) is 29.7 Å². The lowest BCUT2D eigenvalue weighted by molar-refractivity contribution is -0.142. The van der Waals surface area contributed by atoms with Crippen LogP contribution in [0.15, 0.2) is 60.9 Å². The minimum atomic E-state index is -2.67. The Kier molecular flexibility index (Phi) is 9.67. The molecule has 4 unspecified atom stereocenters. The van der Waals surface area contributed by atoms with Gasteiger partial charge >= 0.3 is 0 Å². The van der Waals surface area contributed by atoms with Crippen molar-refractivity contribution in [2.45, 2.75) is 102 Å². The highest BCUT2D eigenvalue weighted by Gasteiger charge is 2.45. The molecule has 2 aliphatic heterocycles. The van der Waals surface area contributed by atoms with E-state index in [1.807, 2.05) is 34.1 Å². The number of carbonyl (C=O) groups excluding carboxylic acids is 2. The molecule has 2 N–H and O–H groups in total. The van der Waals surface area contributed by atoms with Crippen LogP contribution in [-0.4, -0.2) is 66.5 Å². The summed E-state index contributed by atoms with van der Waals surface area (Å²) in [7, 11) is 0. The molecule has 4 aliphatic rings. The van der Waals surface area contributed by atoms with Gasteiger partial charge in [0.2, 0.25) is 23.7 Å². The van der Waals surface area contributed by atoms with Crippen molar-refractivity contribution in [3.8, 4) is 33.6 Å². The number of halogens is 4. The average Bonchev–Trinajstić information content (AvgIpc) is 3.98. The molecular formula is C42H48F4N6O2. The maximum Gasteiger partial charge on any atom is 0.248 e. The number of imidazole rings is 2. The predicted molar refractivity (Wildman–Crippen MR) is 197 cm³/mol. The molecule has 2 aromatic carbocycles. The van der Waals surface area contributed by atoms with Crippen LogP contribution < -0.4 is 0 Å². The Labute approximate surface area is 313 Å². The minimum absolute atomic E-state index is 0.0314. The summed E-state index contributed by atoms with van der Waals surface area (Å²) >= 11 is 0. The van der Waals surface area contributed by atoms with Crippen LogP contribution >= 0.6 is 0 Å². The summed E-state index contributed by atoms with van der Waals surface area (Å²) in [5.74, 6) is -4.25. The minimum Gasteiger partial charge on any atom is -0.340 e. The zero-order valence-electron chi connectivity index (χ0n) is 30.8. The highest BCUT2D eigenvalue weighted by Crippen LogP contribution is 2.43. The van der Waals surface area contributed by atoms with Gasteiger partial charge in [0.25, 0.3) is 0 Å². The molecule has 2 saturated heterocycles. The van der Waals surface area contributed by atoms with E-state index in [4.69, 9.17) is 9.97 Å². The van der Waals surface area contributed by atoms with Crippen molar-refractivity contribution in [2.24, 2.45) is 23.7 Å². The third kappa shape index (κ3) is 7.20. The maximum atomic E-state index is 13.8. The summed E-state index contributed by atoms with van der Waals surface area (Å²) in [6.45, 7) is 5.44. The smallest absolute Gasteiger partial charge is 0.248 e. The van der Waals surface area contributed by atoms with Crippen molar-refractivity contribution in [3.63, 3.8) is 0 Å². The number of aromatic nitrogens is 4.